The normalized spacial score (nSPS) is 26.3. The summed E-state index contributed by atoms with van der Waals surface area (Å²) in [6.45, 7) is 4.51. The molecule has 1 N–H and O–H groups in total. The molecule has 1 aromatic heterocycles. The molecule has 2 aliphatic heterocycles. The van der Waals surface area contributed by atoms with Gasteiger partial charge in [0.1, 0.15) is 0 Å². The number of piperidine rings is 1. The Morgan fingerprint density at radius 1 is 1.53 bits per heavy atom. The summed E-state index contributed by atoms with van der Waals surface area (Å²) in [6.07, 6.45) is 4.05. The number of nitrogens with one attached hydrogen (secondary N) is 1. The van der Waals surface area contributed by atoms with Crippen LogP contribution in [0.25, 0.3) is 0 Å². The fraction of sp³-hybridized carbons (Fsp3) is 0.615. The van der Waals surface area contributed by atoms with E-state index in [9.17, 15) is 10.1 Å². The van der Waals surface area contributed by atoms with Crippen LogP contribution in [-0.4, -0.2) is 35.6 Å². The SMILES string of the molecule is Cc1ccnc(N2C[C@@H]3CCCN[C@@H]3C2)c1[N+](=O)[O-]. The third-order valence-corrected chi connectivity index (χ3v) is 4.19. The number of anilines is 1. The van der Waals surface area contributed by atoms with Crippen molar-refractivity contribution in [3.63, 3.8) is 0 Å². The predicted octanol–water partition coefficient (Wildman–Crippen LogP) is 1.49. The Bertz CT molecular complexity index is 491. The highest BCUT2D eigenvalue weighted by Crippen LogP contribution is 2.34. The van der Waals surface area contributed by atoms with Crippen molar-refractivity contribution < 1.29 is 4.92 Å². The quantitative estimate of drug-likeness (QED) is 0.645. The number of fused-ring (bicyclic) bond motifs is 1. The minimum absolute atomic E-state index is 0.154. The first-order chi connectivity index (χ1) is 9.16. The summed E-state index contributed by atoms with van der Waals surface area (Å²) in [5, 5.41) is 14.7. The second-order valence-electron chi connectivity index (χ2n) is 5.43. The highest BCUT2D eigenvalue weighted by atomic mass is 16.6. The van der Waals surface area contributed by atoms with Crippen LogP contribution in [-0.2, 0) is 0 Å². The largest absolute Gasteiger partial charge is 0.349 e. The van der Waals surface area contributed by atoms with E-state index in [0.29, 0.717) is 23.3 Å². The molecule has 102 valence electrons. The van der Waals surface area contributed by atoms with Crippen LogP contribution in [0.2, 0.25) is 0 Å². The van der Waals surface area contributed by atoms with Gasteiger partial charge in [-0.25, -0.2) is 4.98 Å². The molecule has 1 aromatic rings. The van der Waals surface area contributed by atoms with Gasteiger partial charge in [-0.05, 0) is 38.3 Å². The van der Waals surface area contributed by atoms with Gasteiger partial charge >= 0.3 is 5.69 Å². The molecule has 0 spiro atoms. The Kier molecular flexibility index (Phi) is 3.10. The van der Waals surface area contributed by atoms with Gasteiger partial charge in [0.15, 0.2) is 0 Å². The van der Waals surface area contributed by atoms with E-state index in [1.54, 1.807) is 19.2 Å². The summed E-state index contributed by atoms with van der Waals surface area (Å²) < 4.78 is 0. The number of nitro groups is 1. The molecule has 6 heteroatoms. The van der Waals surface area contributed by atoms with E-state index in [4.69, 9.17) is 0 Å². The molecule has 2 aliphatic rings. The molecule has 3 rings (SSSR count). The van der Waals surface area contributed by atoms with Crippen molar-refractivity contribution in [3.8, 4) is 0 Å². The van der Waals surface area contributed by atoms with Crippen molar-refractivity contribution >= 4 is 11.5 Å². The zero-order valence-corrected chi connectivity index (χ0v) is 11.0. The second-order valence-corrected chi connectivity index (χ2v) is 5.43. The summed E-state index contributed by atoms with van der Waals surface area (Å²) in [7, 11) is 0. The number of hydrogen-bond acceptors (Lipinski definition) is 5. The maximum Gasteiger partial charge on any atom is 0.314 e. The van der Waals surface area contributed by atoms with E-state index in [0.717, 1.165) is 19.6 Å². The zero-order valence-electron chi connectivity index (χ0n) is 11.0. The Hall–Kier alpha value is -1.69. The summed E-state index contributed by atoms with van der Waals surface area (Å²) in [5.74, 6) is 1.12. The van der Waals surface area contributed by atoms with Crippen LogP contribution in [0.1, 0.15) is 18.4 Å². The number of nitrogens with zero attached hydrogens (tertiary/aromatic N) is 3. The molecule has 2 atom stereocenters. The van der Waals surface area contributed by atoms with Crippen LogP contribution in [0.3, 0.4) is 0 Å². The van der Waals surface area contributed by atoms with Crippen LogP contribution in [0.5, 0.6) is 0 Å². The molecule has 0 aliphatic carbocycles. The molecule has 0 radical (unpaired) electrons. The molecule has 0 unspecified atom stereocenters. The van der Waals surface area contributed by atoms with Crippen LogP contribution >= 0.6 is 0 Å². The van der Waals surface area contributed by atoms with Gasteiger partial charge < -0.3 is 10.2 Å². The lowest BCUT2D eigenvalue weighted by Crippen LogP contribution is -2.40. The highest BCUT2D eigenvalue weighted by molar-refractivity contribution is 5.62. The fourth-order valence-electron chi connectivity index (χ4n) is 3.21. The first-order valence-corrected chi connectivity index (χ1v) is 6.75. The predicted molar refractivity (Wildman–Crippen MR) is 72.4 cm³/mol. The standard InChI is InChI=1S/C13H18N4O2/c1-9-4-6-15-13(12(9)17(18)19)16-7-10-3-2-5-14-11(10)8-16/h4,6,10-11,14H,2-3,5,7-8H2,1H3/t10-,11+/m0/s1. The lowest BCUT2D eigenvalue weighted by atomic mass is 9.94. The van der Waals surface area contributed by atoms with Crippen molar-refractivity contribution in [1.82, 2.24) is 10.3 Å². The topological polar surface area (TPSA) is 71.3 Å². The van der Waals surface area contributed by atoms with Gasteiger partial charge in [0.2, 0.25) is 5.82 Å². The van der Waals surface area contributed by atoms with Gasteiger partial charge in [-0.15, -0.1) is 0 Å². The molecule has 0 saturated carbocycles. The average Bonchev–Trinajstić information content (AvgIpc) is 2.81. The molecule has 6 nitrogen and oxygen atoms in total. The molecular weight excluding hydrogens is 244 g/mol. The number of pyridine rings is 1. The summed E-state index contributed by atoms with van der Waals surface area (Å²) in [6, 6.07) is 2.15. The van der Waals surface area contributed by atoms with Crippen molar-refractivity contribution in [2.75, 3.05) is 24.5 Å². The molecule has 0 aromatic carbocycles. The smallest absolute Gasteiger partial charge is 0.314 e. The maximum atomic E-state index is 11.2. The molecule has 2 saturated heterocycles. The Morgan fingerprint density at radius 3 is 3.11 bits per heavy atom. The van der Waals surface area contributed by atoms with Crippen molar-refractivity contribution in [3.05, 3.63) is 27.9 Å². The minimum atomic E-state index is -0.312. The fourth-order valence-corrected chi connectivity index (χ4v) is 3.21. The average molecular weight is 262 g/mol. The van der Waals surface area contributed by atoms with E-state index >= 15 is 0 Å². The van der Waals surface area contributed by atoms with Crippen molar-refractivity contribution in [2.24, 2.45) is 5.92 Å². The van der Waals surface area contributed by atoms with Gasteiger partial charge in [0.05, 0.1) is 4.92 Å². The molecule has 0 amide bonds. The maximum absolute atomic E-state index is 11.2. The lowest BCUT2D eigenvalue weighted by Gasteiger charge is -2.24. The second kappa shape index (κ2) is 4.77. The summed E-state index contributed by atoms with van der Waals surface area (Å²) in [4.78, 5) is 17.3. The van der Waals surface area contributed by atoms with Crippen molar-refractivity contribution in [2.45, 2.75) is 25.8 Å². The van der Waals surface area contributed by atoms with Crippen LogP contribution in [0.15, 0.2) is 12.3 Å². The van der Waals surface area contributed by atoms with E-state index < -0.39 is 0 Å². The molecular formula is C13H18N4O2. The van der Waals surface area contributed by atoms with Gasteiger partial charge in [-0.2, -0.15) is 0 Å². The third kappa shape index (κ3) is 2.16. The molecule has 2 fully saturated rings. The molecule has 0 bridgehead atoms. The van der Waals surface area contributed by atoms with Crippen molar-refractivity contribution in [1.29, 1.82) is 0 Å². The van der Waals surface area contributed by atoms with Gasteiger partial charge in [-0.3, -0.25) is 10.1 Å². The monoisotopic (exact) mass is 262 g/mol. The van der Waals surface area contributed by atoms with Crippen LogP contribution in [0, 0.1) is 23.0 Å². The third-order valence-electron chi connectivity index (χ3n) is 4.19. The molecule has 3 heterocycles. The Morgan fingerprint density at radius 2 is 2.37 bits per heavy atom. The first kappa shape index (κ1) is 12.3. The molecule has 19 heavy (non-hydrogen) atoms. The van der Waals surface area contributed by atoms with Crippen LogP contribution < -0.4 is 10.2 Å². The Balaban J connectivity index is 1.91. The first-order valence-electron chi connectivity index (χ1n) is 6.75. The number of aromatic nitrogens is 1. The Labute approximate surface area is 112 Å². The summed E-state index contributed by atoms with van der Waals surface area (Å²) in [5.41, 5.74) is 0.832. The van der Waals surface area contributed by atoms with E-state index in [2.05, 4.69) is 15.2 Å². The zero-order chi connectivity index (χ0) is 13.4. The summed E-state index contributed by atoms with van der Waals surface area (Å²) >= 11 is 0. The highest BCUT2D eigenvalue weighted by Gasteiger charge is 2.37. The van der Waals surface area contributed by atoms with E-state index in [-0.39, 0.29) is 10.6 Å². The van der Waals surface area contributed by atoms with Gasteiger partial charge in [0.25, 0.3) is 0 Å². The van der Waals surface area contributed by atoms with E-state index in [1.807, 2.05) is 0 Å². The minimum Gasteiger partial charge on any atom is -0.349 e. The lowest BCUT2D eigenvalue weighted by molar-refractivity contribution is -0.384. The van der Waals surface area contributed by atoms with Gasteiger partial charge in [-0.1, -0.05) is 0 Å². The van der Waals surface area contributed by atoms with E-state index in [1.165, 1.54) is 12.8 Å². The number of aryl methyl sites for hydroxylation is 1. The van der Waals surface area contributed by atoms with Gasteiger partial charge in [0, 0.05) is 30.9 Å². The van der Waals surface area contributed by atoms with Crippen LogP contribution in [0.4, 0.5) is 11.5 Å². The number of hydrogen-bond donors (Lipinski definition) is 1. The number of rotatable bonds is 2.